The fourth-order valence-electron chi connectivity index (χ4n) is 3.62. The molecule has 0 spiro atoms. The SMILES string of the molecule is COc1ccc([C@H]2C[C@@](C)(c3ccccc3)OC2(C#N)C#N)cc1OC. The lowest BCUT2D eigenvalue weighted by atomic mass is 9.79. The standard InChI is InChI=1S/C21H20N2O3/c1-20(16-7-5-4-6-8-16)12-17(21(13-22,14-23)26-20)15-9-10-18(24-2)19(11-15)25-3/h4-11,17H,12H2,1-3H3/t17-,20+/m1/s1. The van der Waals surface area contributed by atoms with Crippen molar-refractivity contribution in [2.75, 3.05) is 14.2 Å². The topological polar surface area (TPSA) is 75.3 Å². The lowest BCUT2D eigenvalue weighted by Gasteiger charge is -2.25. The van der Waals surface area contributed by atoms with E-state index < -0.39 is 17.1 Å². The van der Waals surface area contributed by atoms with Gasteiger partial charge in [0.1, 0.15) is 12.1 Å². The maximum Gasteiger partial charge on any atom is 0.248 e. The summed E-state index contributed by atoms with van der Waals surface area (Å²) in [5.41, 5.74) is -0.544. The first kappa shape index (κ1) is 17.8. The number of hydrogen-bond acceptors (Lipinski definition) is 5. The van der Waals surface area contributed by atoms with E-state index in [9.17, 15) is 10.5 Å². The highest BCUT2D eigenvalue weighted by Crippen LogP contribution is 2.52. The number of benzene rings is 2. The van der Waals surface area contributed by atoms with Crippen LogP contribution in [-0.2, 0) is 10.3 Å². The Kier molecular flexibility index (Phi) is 4.59. The highest BCUT2D eigenvalue weighted by molar-refractivity contribution is 5.47. The highest BCUT2D eigenvalue weighted by atomic mass is 16.5. The molecule has 2 aromatic rings. The smallest absolute Gasteiger partial charge is 0.248 e. The summed E-state index contributed by atoms with van der Waals surface area (Å²) in [4.78, 5) is 0. The molecule has 0 amide bonds. The minimum absolute atomic E-state index is 0.414. The van der Waals surface area contributed by atoms with Crippen molar-refractivity contribution >= 4 is 0 Å². The zero-order valence-corrected chi connectivity index (χ0v) is 15.0. The Bertz CT molecular complexity index is 868. The Balaban J connectivity index is 2.08. The van der Waals surface area contributed by atoms with Gasteiger partial charge in [0, 0.05) is 5.92 Å². The number of rotatable bonds is 4. The third-order valence-electron chi connectivity index (χ3n) is 5.00. The van der Waals surface area contributed by atoms with E-state index >= 15 is 0 Å². The van der Waals surface area contributed by atoms with Gasteiger partial charge in [0.2, 0.25) is 5.60 Å². The van der Waals surface area contributed by atoms with Crippen molar-refractivity contribution in [1.82, 2.24) is 0 Å². The van der Waals surface area contributed by atoms with E-state index in [1.807, 2.05) is 49.4 Å². The van der Waals surface area contributed by atoms with Gasteiger partial charge in [-0.1, -0.05) is 36.4 Å². The van der Waals surface area contributed by atoms with Gasteiger partial charge in [0.15, 0.2) is 11.5 Å². The van der Waals surface area contributed by atoms with Crippen LogP contribution in [0, 0.1) is 22.7 Å². The average molecular weight is 348 g/mol. The Hall–Kier alpha value is -3.02. The molecule has 132 valence electrons. The Morgan fingerprint density at radius 3 is 2.23 bits per heavy atom. The minimum Gasteiger partial charge on any atom is -0.493 e. The van der Waals surface area contributed by atoms with Gasteiger partial charge in [0.25, 0.3) is 0 Å². The summed E-state index contributed by atoms with van der Waals surface area (Å²) < 4.78 is 16.8. The fourth-order valence-corrected chi connectivity index (χ4v) is 3.62. The molecule has 26 heavy (non-hydrogen) atoms. The van der Waals surface area contributed by atoms with Gasteiger partial charge >= 0.3 is 0 Å². The summed E-state index contributed by atoms with van der Waals surface area (Å²) in [5.74, 6) is 0.742. The Morgan fingerprint density at radius 1 is 1.00 bits per heavy atom. The van der Waals surface area contributed by atoms with Crippen LogP contribution in [0.3, 0.4) is 0 Å². The molecule has 2 atom stereocenters. The lowest BCUT2D eigenvalue weighted by Crippen LogP contribution is -2.32. The fraction of sp³-hybridized carbons (Fsp3) is 0.333. The second-order valence-electron chi connectivity index (χ2n) is 6.53. The summed E-state index contributed by atoms with van der Waals surface area (Å²) in [5, 5.41) is 19.6. The molecule has 5 nitrogen and oxygen atoms in total. The van der Waals surface area contributed by atoms with Crippen molar-refractivity contribution in [3.05, 3.63) is 59.7 Å². The summed E-state index contributed by atoms with van der Waals surface area (Å²) in [6, 6.07) is 19.4. The van der Waals surface area contributed by atoms with Crippen molar-refractivity contribution in [1.29, 1.82) is 10.5 Å². The van der Waals surface area contributed by atoms with E-state index in [0.29, 0.717) is 17.9 Å². The van der Waals surface area contributed by atoms with Crippen molar-refractivity contribution in [3.8, 4) is 23.6 Å². The van der Waals surface area contributed by atoms with E-state index in [2.05, 4.69) is 12.1 Å². The van der Waals surface area contributed by atoms with E-state index in [1.54, 1.807) is 20.3 Å². The monoisotopic (exact) mass is 348 g/mol. The van der Waals surface area contributed by atoms with Gasteiger partial charge in [0.05, 0.1) is 19.8 Å². The number of nitriles is 2. The van der Waals surface area contributed by atoms with E-state index in [1.165, 1.54) is 0 Å². The zero-order valence-electron chi connectivity index (χ0n) is 15.0. The third kappa shape index (κ3) is 2.77. The Labute approximate surface area is 153 Å². The van der Waals surface area contributed by atoms with Crippen LogP contribution in [0.2, 0.25) is 0 Å². The molecule has 0 N–H and O–H groups in total. The van der Waals surface area contributed by atoms with E-state index in [0.717, 1.165) is 11.1 Å². The quantitative estimate of drug-likeness (QED) is 0.837. The second kappa shape index (κ2) is 6.71. The molecule has 0 unspecified atom stereocenters. The molecule has 1 aliphatic heterocycles. The zero-order chi connectivity index (χ0) is 18.8. The number of ether oxygens (including phenoxy) is 3. The van der Waals surface area contributed by atoms with Crippen LogP contribution < -0.4 is 9.47 Å². The third-order valence-corrected chi connectivity index (χ3v) is 5.00. The molecule has 0 bridgehead atoms. The Morgan fingerprint density at radius 2 is 1.65 bits per heavy atom. The van der Waals surface area contributed by atoms with Crippen molar-refractivity contribution < 1.29 is 14.2 Å². The average Bonchev–Trinajstić information content (AvgIpc) is 3.02. The van der Waals surface area contributed by atoms with Crippen LogP contribution in [-0.4, -0.2) is 19.8 Å². The predicted octanol–water partition coefficient (Wildman–Crippen LogP) is 3.91. The van der Waals surface area contributed by atoms with Gasteiger partial charge in [-0.25, -0.2) is 0 Å². The molecular weight excluding hydrogens is 328 g/mol. The number of hydrogen-bond donors (Lipinski definition) is 0. The molecule has 1 saturated heterocycles. The van der Waals surface area contributed by atoms with Crippen molar-refractivity contribution in [2.45, 2.75) is 30.5 Å². The number of nitrogens with zero attached hydrogens (tertiary/aromatic N) is 2. The molecule has 0 aliphatic carbocycles. The molecule has 0 aromatic heterocycles. The normalized spacial score (nSPS) is 23.7. The second-order valence-corrected chi connectivity index (χ2v) is 6.53. The largest absolute Gasteiger partial charge is 0.493 e. The van der Waals surface area contributed by atoms with Crippen LogP contribution in [0.15, 0.2) is 48.5 Å². The van der Waals surface area contributed by atoms with Gasteiger partial charge in [-0.2, -0.15) is 10.5 Å². The summed E-state index contributed by atoms with van der Waals surface area (Å²) in [7, 11) is 3.13. The maximum atomic E-state index is 9.80. The molecule has 5 heteroatoms. The number of methoxy groups -OCH3 is 2. The van der Waals surface area contributed by atoms with Crippen LogP contribution in [0.5, 0.6) is 11.5 Å². The summed E-state index contributed by atoms with van der Waals surface area (Å²) in [6.07, 6.45) is 0.508. The molecular formula is C21H20N2O3. The van der Waals surface area contributed by atoms with Crippen LogP contribution in [0.4, 0.5) is 0 Å². The van der Waals surface area contributed by atoms with E-state index in [-0.39, 0.29) is 0 Å². The van der Waals surface area contributed by atoms with Crippen molar-refractivity contribution in [2.24, 2.45) is 0 Å². The summed E-state index contributed by atoms with van der Waals surface area (Å²) >= 11 is 0. The van der Waals surface area contributed by atoms with Crippen LogP contribution in [0.25, 0.3) is 0 Å². The molecule has 1 heterocycles. The molecule has 1 aliphatic rings. The molecule has 1 fully saturated rings. The lowest BCUT2D eigenvalue weighted by molar-refractivity contribution is -0.0443. The van der Waals surface area contributed by atoms with Crippen LogP contribution in [0.1, 0.15) is 30.4 Å². The summed E-state index contributed by atoms with van der Waals surface area (Å²) in [6.45, 7) is 1.92. The molecule has 0 radical (unpaired) electrons. The molecule has 2 aromatic carbocycles. The van der Waals surface area contributed by atoms with Gasteiger partial charge in [-0.05, 0) is 36.6 Å². The van der Waals surface area contributed by atoms with Gasteiger partial charge < -0.3 is 14.2 Å². The van der Waals surface area contributed by atoms with Gasteiger partial charge in [-0.3, -0.25) is 0 Å². The first-order valence-corrected chi connectivity index (χ1v) is 8.32. The predicted molar refractivity (Wildman–Crippen MR) is 95.7 cm³/mol. The first-order valence-electron chi connectivity index (χ1n) is 8.32. The van der Waals surface area contributed by atoms with Gasteiger partial charge in [-0.15, -0.1) is 0 Å². The minimum atomic E-state index is -1.57. The molecule has 0 saturated carbocycles. The molecule has 3 rings (SSSR count). The maximum absolute atomic E-state index is 9.80. The first-order chi connectivity index (χ1) is 12.5. The van der Waals surface area contributed by atoms with Crippen molar-refractivity contribution in [3.63, 3.8) is 0 Å². The highest BCUT2D eigenvalue weighted by Gasteiger charge is 2.56. The van der Waals surface area contributed by atoms with Crippen LogP contribution >= 0.6 is 0 Å². The van der Waals surface area contributed by atoms with E-state index in [4.69, 9.17) is 14.2 Å².